The van der Waals surface area contributed by atoms with E-state index in [9.17, 15) is 4.79 Å². The average molecular weight is 249 g/mol. The lowest BCUT2D eigenvalue weighted by Gasteiger charge is -1.98. The molecule has 0 saturated heterocycles. The number of H-pyrrole nitrogens is 1. The molecule has 6 nitrogen and oxygen atoms in total. The molecule has 0 aromatic carbocycles. The third kappa shape index (κ3) is 2.84. The van der Waals surface area contributed by atoms with Gasteiger partial charge in [-0.15, -0.1) is 0 Å². The third-order valence-corrected chi connectivity index (χ3v) is 2.47. The third-order valence-electron chi connectivity index (χ3n) is 2.47. The van der Waals surface area contributed by atoms with Crippen molar-refractivity contribution in [1.82, 2.24) is 15.0 Å². The zero-order valence-electron chi connectivity index (χ0n) is 10.1. The Hall–Kier alpha value is -1.95. The molecule has 0 bridgehead atoms. The van der Waals surface area contributed by atoms with Gasteiger partial charge in [0.2, 0.25) is 0 Å². The number of carboxylic acid groups (broad SMARTS) is 1. The van der Waals surface area contributed by atoms with Crippen LogP contribution >= 0.6 is 0 Å². The maximum Gasteiger partial charge on any atom is 0.337 e. The zero-order valence-corrected chi connectivity index (χ0v) is 10.1. The van der Waals surface area contributed by atoms with Crippen molar-refractivity contribution >= 4 is 17.1 Å². The van der Waals surface area contributed by atoms with Gasteiger partial charge < -0.3 is 14.8 Å². The van der Waals surface area contributed by atoms with Crippen molar-refractivity contribution in [2.75, 3.05) is 13.2 Å². The number of hydrogen-bond donors (Lipinski definition) is 2. The number of hydrogen-bond acceptors (Lipinski definition) is 4. The smallest absolute Gasteiger partial charge is 0.337 e. The van der Waals surface area contributed by atoms with Crippen molar-refractivity contribution in [3.63, 3.8) is 0 Å². The predicted octanol–water partition coefficient (Wildman–Crippen LogP) is 1.63. The molecule has 2 rings (SSSR count). The van der Waals surface area contributed by atoms with E-state index >= 15 is 0 Å². The summed E-state index contributed by atoms with van der Waals surface area (Å²) < 4.78 is 5.37. The van der Waals surface area contributed by atoms with E-state index in [0.717, 1.165) is 18.9 Å². The van der Waals surface area contributed by atoms with E-state index in [4.69, 9.17) is 9.84 Å². The Labute approximate surface area is 104 Å². The van der Waals surface area contributed by atoms with Gasteiger partial charge in [0.1, 0.15) is 5.82 Å². The number of carbonyl (C=O) groups is 1. The molecule has 0 unspecified atom stereocenters. The minimum absolute atomic E-state index is 0.153. The number of aromatic carboxylic acids is 1. The van der Waals surface area contributed by atoms with Crippen molar-refractivity contribution in [3.8, 4) is 0 Å². The number of nitrogens with one attached hydrogen (secondary N) is 1. The first-order valence-corrected chi connectivity index (χ1v) is 5.86. The quantitative estimate of drug-likeness (QED) is 0.759. The fraction of sp³-hybridized carbons (Fsp3) is 0.417. The largest absolute Gasteiger partial charge is 0.478 e. The zero-order chi connectivity index (χ0) is 13.0. The van der Waals surface area contributed by atoms with Crippen LogP contribution in [-0.2, 0) is 11.2 Å². The molecule has 18 heavy (non-hydrogen) atoms. The summed E-state index contributed by atoms with van der Waals surface area (Å²) in [5, 5.41) is 8.86. The van der Waals surface area contributed by atoms with Gasteiger partial charge in [0.05, 0.1) is 17.7 Å². The van der Waals surface area contributed by atoms with Crippen LogP contribution in [0.25, 0.3) is 11.2 Å². The normalized spacial score (nSPS) is 10.9. The number of carboxylic acids is 1. The second-order valence-corrected chi connectivity index (χ2v) is 3.95. The molecule has 0 aliphatic carbocycles. The van der Waals surface area contributed by atoms with Crippen LogP contribution in [0.4, 0.5) is 0 Å². The number of rotatable bonds is 6. The molecule has 2 aromatic rings. The van der Waals surface area contributed by atoms with E-state index in [1.807, 2.05) is 0 Å². The van der Waals surface area contributed by atoms with E-state index in [-0.39, 0.29) is 5.56 Å². The molecule has 0 radical (unpaired) electrons. The summed E-state index contributed by atoms with van der Waals surface area (Å²) in [5.41, 5.74) is 1.32. The lowest BCUT2D eigenvalue weighted by atomic mass is 10.3. The lowest BCUT2D eigenvalue weighted by Crippen LogP contribution is -2.00. The first-order valence-electron chi connectivity index (χ1n) is 5.86. The van der Waals surface area contributed by atoms with Crippen molar-refractivity contribution in [3.05, 3.63) is 23.7 Å². The molecular formula is C12H15N3O3. The van der Waals surface area contributed by atoms with Gasteiger partial charge in [0.15, 0.2) is 5.65 Å². The monoisotopic (exact) mass is 249 g/mol. The Bertz CT molecular complexity index is 550. The Morgan fingerprint density at radius 3 is 3.06 bits per heavy atom. The fourth-order valence-corrected chi connectivity index (χ4v) is 1.60. The molecular weight excluding hydrogens is 234 g/mol. The fourth-order valence-electron chi connectivity index (χ4n) is 1.60. The van der Waals surface area contributed by atoms with E-state index in [1.54, 1.807) is 0 Å². The number of fused-ring (bicyclic) bond motifs is 1. The van der Waals surface area contributed by atoms with Gasteiger partial charge in [-0.2, -0.15) is 0 Å². The highest BCUT2D eigenvalue weighted by atomic mass is 16.5. The summed E-state index contributed by atoms with van der Waals surface area (Å²) in [4.78, 5) is 22.1. The minimum Gasteiger partial charge on any atom is -0.478 e. The van der Waals surface area contributed by atoms with Crippen LogP contribution in [0.3, 0.4) is 0 Å². The van der Waals surface area contributed by atoms with Gasteiger partial charge in [-0.25, -0.2) is 14.8 Å². The summed E-state index contributed by atoms with van der Waals surface area (Å²) >= 11 is 0. The van der Waals surface area contributed by atoms with Crippen LogP contribution in [0, 0.1) is 0 Å². The van der Waals surface area contributed by atoms with Crippen molar-refractivity contribution in [1.29, 1.82) is 0 Å². The molecule has 0 amide bonds. The maximum absolute atomic E-state index is 10.8. The van der Waals surface area contributed by atoms with Gasteiger partial charge in [-0.05, 0) is 12.5 Å². The molecule has 0 aliphatic heterocycles. The second-order valence-electron chi connectivity index (χ2n) is 3.95. The van der Waals surface area contributed by atoms with Crippen LogP contribution in [0.1, 0.15) is 29.5 Å². The first-order chi connectivity index (χ1) is 8.70. The minimum atomic E-state index is -0.994. The Kier molecular flexibility index (Phi) is 3.88. The summed E-state index contributed by atoms with van der Waals surface area (Å²) in [5.74, 6) is -0.233. The number of ether oxygens (including phenoxy) is 1. The Balaban J connectivity index is 2.09. The summed E-state index contributed by atoms with van der Waals surface area (Å²) in [7, 11) is 0. The average Bonchev–Trinajstić information content (AvgIpc) is 2.76. The van der Waals surface area contributed by atoms with Gasteiger partial charge in [-0.3, -0.25) is 0 Å². The molecule has 96 valence electrons. The second kappa shape index (κ2) is 5.59. The molecule has 2 heterocycles. The SMILES string of the molecule is CCCOCCc1nc2ncc(C(=O)O)cc2[nH]1. The Morgan fingerprint density at radius 1 is 1.50 bits per heavy atom. The van der Waals surface area contributed by atoms with Gasteiger partial charge in [0, 0.05) is 19.2 Å². The maximum atomic E-state index is 10.8. The molecule has 2 N–H and O–H groups in total. The van der Waals surface area contributed by atoms with Gasteiger partial charge >= 0.3 is 5.97 Å². The number of aromatic amines is 1. The van der Waals surface area contributed by atoms with E-state index in [2.05, 4.69) is 21.9 Å². The van der Waals surface area contributed by atoms with Gasteiger partial charge in [-0.1, -0.05) is 6.92 Å². The van der Waals surface area contributed by atoms with E-state index in [1.165, 1.54) is 12.3 Å². The molecule has 0 saturated carbocycles. The van der Waals surface area contributed by atoms with E-state index < -0.39 is 5.97 Å². The summed E-state index contributed by atoms with van der Waals surface area (Å²) in [6.45, 7) is 3.39. The molecule has 6 heteroatoms. The van der Waals surface area contributed by atoms with Crippen molar-refractivity contribution in [2.24, 2.45) is 0 Å². The van der Waals surface area contributed by atoms with Crippen molar-refractivity contribution in [2.45, 2.75) is 19.8 Å². The molecule has 2 aromatic heterocycles. The highest BCUT2D eigenvalue weighted by Crippen LogP contribution is 2.11. The standard InChI is InChI=1S/C12H15N3O3/c1-2-4-18-5-3-10-14-9-6-8(12(16)17)7-13-11(9)15-10/h6-7H,2-5H2,1H3,(H,16,17)(H,13,14,15). The highest BCUT2D eigenvalue weighted by molar-refractivity contribution is 5.90. The molecule has 0 aliphatic rings. The summed E-state index contributed by atoms with van der Waals surface area (Å²) in [6, 6.07) is 1.54. The van der Waals surface area contributed by atoms with Crippen LogP contribution in [0.5, 0.6) is 0 Å². The Morgan fingerprint density at radius 2 is 2.33 bits per heavy atom. The molecule has 0 spiro atoms. The van der Waals surface area contributed by atoms with Crippen LogP contribution in [-0.4, -0.2) is 39.2 Å². The van der Waals surface area contributed by atoms with Crippen molar-refractivity contribution < 1.29 is 14.6 Å². The van der Waals surface area contributed by atoms with Crippen LogP contribution in [0.2, 0.25) is 0 Å². The summed E-state index contributed by atoms with van der Waals surface area (Å²) in [6.07, 6.45) is 2.96. The van der Waals surface area contributed by atoms with Crippen LogP contribution < -0.4 is 0 Å². The van der Waals surface area contributed by atoms with Gasteiger partial charge in [0.25, 0.3) is 0 Å². The number of aromatic nitrogens is 3. The molecule has 0 fully saturated rings. The topological polar surface area (TPSA) is 88.1 Å². The van der Waals surface area contributed by atoms with Crippen LogP contribution in [0.15, 0.2) is 12.3 Å². The first kappa shape index (κ1) is 12.5. The predicted molar refractivity (Wildman–Crippen MR) is 65.7 cm³/mol. The number of imidazole rings is 1. The van der Waals surface area contributed by atoms with E-state index in [0.29, 0.717) is 24.2 Å². The number of pyridine rings is 1. The lowest BCUT2D eigenvalue weighted by molar-refractivity contribution is 0.0696. The molecule has 0 atom stereocenters. The number of nitrogens with zero attached hydrogens (tertiary/aromatic N) is 2. The highest BCUT2D eigenvalue weighted by Gasteiger charge is 2.08.